The van der Waals surface area contributed by atoms with Crippen molar-refractivity contribution >= 4 is 23.3 Å². The Balaban J connectivity index is 1.92. The Morgan fingerprint density at radius 1 is 1.42 bits per heavy atom. The van der Waals surface area contributed by atoms with Crippen molar-refractivity contribution in [2.75, 3.05) is 13.2 Å². The third-order valence-electron chi connectivity index (χ3n) is 3.27. The zero-order valence-corrected chi connectivity index (χ0v) is 14.4. The molecule has 2 aromatic heterocycles. The van der Waals surface area contributed by atoms with E-state index in [0.717, 1.165) is 11.3 Å². The molecule has 0 unspecified atom stereocenters. The number of furan rings is 1. The molecule has 0 radical (unpaired) electrons. The molecular formula is C17H21N3O3S. The fraction of sp³-hybridized carbons (Fsp3) is 0.353. The van der Waals surface area contributed by atoms with Gasteiger partial charge in [-0.3, -0.25) is 9.78 Å². The maximum absolute atomic E-state index is 11.6. The molecule has 2 heterocycles. The summed E-state index contributed by atoms with van der Waals surface area (Å²) in [6, 6.07) is 7.55. The van der Waals surface area contributed by atoms with E-state index in [1.54, 1.807) is 25.6 Å². The molecule has 2 rings (SSSR count). The molecule has 0 saturated carbocycles. The number of rotatable bonds is 8. The van der Waals surface area contributed by atoms with Crippen LogP contribution in [0.1, 0.15) is 24.7 Å². The van der Waals surface area contributed by atoms with Gasteiger partial charge in [-0.15, -0.1) is 0 Å². The first-order chi connectivity index (χ1) is 11.7. The zero-order valence-electron chi connectivity index (χ0n) is 13.6. The zero-order chi connectivity index (χ0) is 17.2. The van der Waals surface area contributed by atoms with E-state index < -0.39 is 0 Å². The SMILES string of the molecule is CCOC(=O)CCN(Cc1ccco1)C(=S)NCc1cccnc1. The molecule has 24 heavy (non-hydrogen) atoms. The highest BCUT2D eigenvalue weighted by Crippen LogP contribution is 2.08. The van der Waals surface area contributed by atoms with Crippen molar-refractivity contribution in [3.63, 3.8) is 0 Å². The molecule has 0 aliphatic rings. The van der Waals surface area contributed by atoms with E-state index in [-0.39, 0.29) is 12.4 Å². The van der Waals surface area contributed by atoms with Crippen LogP contribution >= 0.6 is 12.2 Å². The molecule has 0 atom stereocenters. The molecule has 0 fully saturated rings. The number of carbonyl (C=O) groups excluding carboxylic acids is 1. The molecule has 0 amide bonds. The van der Waals surface area contributed by atoms with E-state index in [1.807, 2.05) is 29.2 Å². The molecule has 0 aliphatic carbocycles. The minimum atomic E-state index is -0.239. The lowest BCUT2D eigenvalue weighted by atomic mass is 10.3. The predicted octanol–water partition coefficient (Wildman–Crippen LogP) is 2.50. The highest BCUT2D eigenvalue weighted by atomic mass is 32.1. The van der Waals surface area contributed by atoms with Gasteiger partial charge in [-0.2, -0.15) is 0 Å². The van der Waals surface area contributed by atoms with Gasteiger partial charge in [0.1, 0.15) is 5.76 Å². The Bertz CT molecular complexity index is 632. The minimum Gasteiger partial charge on any atom is -0.467 e. The summed E-state index contributed by atoms with van der Waals surface area (Å²) in [7, 11) is 0. The summed E-state index contributed by atoms with van der Waals surface area (Å²) in [6.45, 7) is 3.68. The normalized spacial score (nSPS) is 10.2. The monoisotopic (exact) mass is 347 g/mol. The van der Waals surface area contributed by atoms with Crippen molar-refractivity contribution in [1.29, 1.82) is 0 Å². The number of ether oxygens (including phenoxy) is 1. The number of nitrogens with zero attached hydrogens (tertiary/aromatic N) is 2. The number of thiocarbonyl (C=S) groups is 1. The van der Waals surface area contributed by atoms with Crippen molar-refractivity contribution in [2.24, 2.45) is 0 Å². The van der Waals surface area contributed by atoms with E-state index in [2.05, 4.69) is 10.3 Å². The molecule has 1 N–H and O–H groups in total. The van der Waals surface area contributed by atoms with E-state index >= 15 is 0 Å². The summed E-state index contributed by atoms with van der Waals surface area (Å²) >= 11 is 5.46. The standard InChI is InChI=1S/C17H21N3O3S/c1-2-22-16(21)7-9-20(13-15-6-4-10-23-15)17(24)19-12-14-5-3-8-18-11-14/h3-6,8,10-11H,2,7,9,12-13H2,1H3,(H,19,24). The highest BCUT2D eigenvalue weighted by Gasteiger charge is 2.14. The Kier molecular flexibility index (Phi) is 7.22. The van der Waals surface area contributed by atoms with Crippen molar-refractivity contribution in [3.05, 3.63) is 54.2 Å². The maximum Gasteiger partial charge on any atom is 0.307 e. The number of nitrogens with one attached hydrogen (secondary N) is 1. The quantitative estimate of drug-likeness (QED) is 0.581. The third kappa shape index (κ3) is 6.00. The van der Waals surface area contributed by atoms with Crippen molar-refractivity contribution in [1.82, 2.24) is 15.2 Å². The molecule has 0 aliphatic heterocycles. The topological polar surface area (TPSA) is 67.6 Å². The van der Waals surface area contributed by atoms with Crippen LogP contribution in [0.2, 0.25) is 0 Å². The summed E-state index contributed by atoms with van der Waals surface area (Å²) in [6.07, 6.45) is 5.39. The minimum absolute atomic E-state index is 0.239. The number of hydrogen-bond acceptors (Lipinski definition) is 5. The molecule has 128 valence electrons. The lowest BCUT2D eigenvalue weighted by molar-refractivity contribution is -0.143. The van der Waals surface area contributed by atoms with Crippen LogP contribution in [0.15, 0.2) is 47.3 Å². The Morgan fingerprint density at radius 2 is 2.29 bits per heavy atom. The molecule has 2 aromatic rings. The largest absolute Gasteiger partial charge is 0.467 e. The predicted molar refractivity (Wildman–Crippen MR) is 94.0 cm³/mol. The Labute approximate surface area is 146 Å². The van der Waals surface area contributed by atoms with Crippen LogP contribution in [0.5, 0.6) is 0 Å². The van der Waals surface area contributed by atoms with Gasteiger partial charge in [-0.25, -0.2) is 0 Å². The number of aromatic nitrogens is 1. The van der Waals surface area contributed by atoms with Gasteiger partial charge < -0.3 is 19.4 Å². The Morgan fingerprint density at radius 3 is 2.96 bits per heavy atom. The van der Waals surface area contributed by atoms with Crippen molar-refractivity contribution in [3.8, 4) is 0 Å². The summed E-state index contributed by atoms with van der Waals surface area (Å²) in [5, 5.41) is 3.75. The fourth-order valence-electron chi connectivity index (χ4n) is 2.09. The van der Waals surface area contributed by atoms with Crippen LogP contribution in [0.3, 0.4) is 0 Å². The summed E-state index contributed by atoms with van der Waals surface area (Å²) in [4.78, 5) is 17.6. The van der Waals surface area contributed by atoms with E-state index in [9.17, 15) is 4.79 Å². The second-order valence-electron chi connectivity index (χ2n) is 5.08. The number of hydrogen-bond donors (Lipinski definition) is 1. The van der Waals surface area contributed by atoms with Crippen LogP contribution in [0, 0.1) is 0 Å². The number of carbonyl (C=O) groups is 1. The molecular weight excluding hydrogens is 326 g/mol. The van der Waals surface area contributed by atoms with Crippen LogP contribution in [0.4, 0.5) is 0 Å². The first-order valence-electron chi connectivity index (χ1n) is 7.78. The summed E-state index contributed by atoms with van der Waals surface area (Å²) in [5.74, 6) is 0.543. The number of pyridine rings is 1. The van der Waals surface area contributed by atoms with Crippen molar-refractivity contribution < 1.29 is 13.9 Å². The van der Waals surface area contributed by atoms with Gasteiger partial charge in [0.15, 0.2) is 5.11 Å². The van der Waals surface area contributed by atoms with Gasteiger partial charge in [0.25, 0.3) is 0 Å². The lowest BCUT2D eigenvalue weighted by Crippen LogP contribution is -2.40. The van der Waals surface area contributed by atoms with E-state index in [1.165, 1.54) is 0 Å². The molecule has 0 saturated heterocycles. The second-order valence-corrected chi connectivity index (χ2v) is 5.46. The highest BCUT2D eigenvalue weighted by molar-refractivity contribution is 7.80. The van der Waals surface area contributed by atoms with Gasteiger partial charge in [-0.1, -0.05) is 6.07 Å². The van der Waals surface area contributed by atoms with Crippen LogP contribution < -0.4 is 5.32 Å². The molecule has 0 bridgehead atoms. The van der Waals surface area contributed by atoms with Gasteiger partial charge in [0, 0.05) is 25.5 Å². The van der Waals surface area contributed by atoms with E-state index in [0.29, 0.717) is 31.4 Å². The fourth-order valence-corrected chi connectivity index (χ4v) is 2.32. The van der Waals surface area contributed by atoms with E-state index in [4.69, 9.17) is 21.4 Å². The summed E-state index contributed by atoms with van der Waals surface area (Å²) < 4.78 is 10.4. The van der Waals surface area contributed by atoms with Gasteiger partial charge >= 0.3 is 5.97 Å². The lowest BCUT2D eigenvalue weighted by Gasteiger charge is -2.24. The first kappa shape index (κ1) is 17.9. The van der Waals surface area contributed by atoms with Gasteiger partial charge in [-0.05, 0) is 42.9 Å². The summed E-state index contributed by atoms with van der Waals surface area (Å²) in [5.41, 5.74) is 1.03. The molecule has 6 nitrogen and oxygen atoms in total. The maximum atomic E-state index is 11.6. The van der Waals surface area contributed by atoms with Crippen LogP contribution in [-0.4, -0.2) is 34.1 Å². The Hall–Kier alpha value is -2.41. The first-order valence-corrected chi connectivity index (χ1v) is 8.19. The third-order valence-corrected chi connectivity index (χ3v) is 3.67. The van der Waals surface area contributed by atoms with Crippen LogP contribution in [-0.2, 0) is 22.6 Å². The van der Waals surface area contributed by atoms with Gasteiger partial charge in [0.05, 0.1) is 25.8 Å². The van der Waals surface area contributed by atoms with Crippen molar-refractivity contribution in [2.45, 2.75) is 26.4 Å². The molecule has 7 heteroatoms. The smallest absolute Gasteiger partial charge is 0.307 e. The molecule has 0 spiro atoms. The molecule has 0 aromatic carbocycles. The number of esters is 1. The van der Waals surface area contributed by atoms with Gasteiger partial charge in [0.2, 0.25) is 0 Å². The van der Waals surface area contributed by atoms with Crippen LogP contribution in [0.25, 0.3) is 0 Å². The average Bonchev–Trinajstić information content (AvgIpc) is 3.11. The second kappa shape index (κ2) is 9.67. The average molecular weight is 347 g/mol.